The van der Waals surface area contributed by atoms with E-state index < -0.39 is 5.82 Å². The van der Waals surface area contributed by atoms with Crippen LogP contribution in [-0.4, -0.2) is 9.55 Å². The molecule has 1 aromatic carbocycles. The summed E-state index contributed by atoms with van der Waals surface area (Å²) in [6.07, 6.45) is 6.94. The van der Waals surface area contributed by atoms with Crippen molar-refractivity contribution in [1.82, 2.24) is 9.55 Å². The summed E-state index contributed by atoms with van der Waals surface area (Å²) in [4.78, 5) is 4.50. The third-order valence-corrected chi connectivity index (χ3v) is 4.05. The number of aromatic nitrogens is 2. The van der Waals surface area contributed by atoms with Gasteiger partial charge in [-0.1, -0.05) is 24.4 Å². The largest absolute Gasteiger partial charge is 0.325 e. The second-order valence-electron chi connectivity index (χ2n) is 5.31. The Kier molecular flexibility index (Phi) is 3.66. The Hall–Kier alpha value is -1.55. The van der Waals surface area contributed by atoms with E-state index in [0.717, 1.165) is 11.6 Å². The highest BCUT2D eigenvalue weighted by Gasteiger charge is 2.20. The molecule has 1 N–H and O–H groups in total. The van der Waals surface area contributed by atoms with Crippen LogP contribution in [0.3, 0.4) is 0 Å². The van der Waals surface area contributed by atoms with Crippen LogP contribution in [0.25, 0.3) is 0 Å². The molecule has 0 amide bonds. The molecule has 1 aliphatic carbocycles. The summed E-state index contributed by atoms with van der Waals surface area (Å²) < 4.78 is 15.7. The number of hydrogen-bond donors (Lipinski definition) is 1. The summed E-state index contributed by atoms with van der Waals surface area (Å²) in [6.45, 7) is 1.97. The molecule has 1 aliphatic rings. The molecule has 0 aliphatic heterocycles. The molecule has 3 rings (SSSR count). The molecule has 0 saturated heterocycles. The van der Waals surface area contributed by atoms with Crippen molar-refractivity contribution in [3.63, 3.8) is 0 Å². The van der Waals surface area contributed by atoms with Crippen molar-refractivity contribution in [2.45, 2.75) is 38.6 Å². The van der Waals surface area contributed by atoms with Crippen LogP contribution in [-0.2, 0) is 0 Å². The third kappa shape index (κ3) is 2.66. The number of nitrogens with one attached hydrogen (secondary N) is 1. The number of imidazole rings is 1. The lowest BCUT2D eigenvalue weighted by Crippen LogP contribution is -2.08. The van der Waals surface area contributed by atoms with Gasteiger partial charge >= 0.3 is 0 Å². The highest BCUT2D eigenvalue weighted by Crippen LogP contribution is 2.33. The van der Waals surface area contributed by atoms with E-state index in [2.05, 4.69) is 21.1 Å². The van der Waals surface area contributed by atoms with E-state index in [9.17, 15) is 4.39 Å². The highest BCUT2D eigenvalue weighted by atomic mass is 35.5. The Morgan fingerprint density at radius 1 is 1.35 bits per heavy atom. The van der Waals surface area contributed by atoms with Crippen LogP contribution < -0.4 is 5.32 Å². The minimum atomic E-state index is -0.424. The van der Waals surface area contributed by atoms with Crippen molar-refractivity contribution >= 4 is 23.2 Å². The van der Waals surface area contributed by atoms with Crippen molar-refractivity contribution < 1.29 is 4.39 Å². The normalized spacial score (nSPS) is 15.8. The van der Waals surface area contributed by atoms with Gasteiger partial charge in [0.1, 0.15) is 5.82 Å². The Morgan fingerprint density at radius 3 is 2.80 bits per heavy atom. The molecule has 3 nitrogen and oxygen atoms in total. The van der Waals surface area contributed by atoms with E-state index in [1.54, 1.807) is 12.1 Å². The van der Waals surface area contributed by atoms with Crippen LogP contribution >= 0.6 is 11.6 Å². The summed E-state index contributed by atoms with van der Waals surface area (Å²) in [5.41, 5.74) is 1.63. The number of anilines is 2. The molecule has 106 valence electrons. The van der Waals surface area contributed by atoms with Gasteiger partial charge in [0, 0.05) is 17.9 Å². The monoisotopic (exact) mass is 293 g/mol. The first kappa shape index (κ1) is 13.4. The van der Waals surface area contributed by atoms with E-state index >= 15 is 0 Å². The van der Waals surface area contributed by atoms with E-state index in [0.29, 0.717) is 11.7 Å². The molecule has 0 atom stereocenters. The molecule has 0 spiro atoms. The molecule has 0 radical (unpaired) electrons. The Morgan fingerprint density at radius 2 is 2.10 bits per heavy atom. The first-order valence-electron chi connectivity index (χ1n) is 6.91. The number of nitrogens with zero attached hydrogens (tertiary/aromatic N) is 2. The second kappa shape index (κ2) is 5.44. The molecule has 5 heteroatoms. The van der Waals surface area contributed by atoms with Gasteiger partial charge in [-0.05, 0) is 38.0 Å². The van der Waals surface area contributed by atoms with Gasteiger partial charge in [0.2, 0.25) is 5.95 Å². The number of aryl methyl sites for hydroxylation is 1. The van der Waals surface area contributed by atoms with Crippen molar-refractivity contribution in [3.8, 4) is 0 Å². The number of rotatable bonds is 3. The summed E-state index contributed by atoms with van der Waals surface area (Å²) in [5.74, 6) is 0.350. The van der Waals surface area contributed by atoms with Crippen LogP contribution in [0.5, 0.6) is 0 Å². The first-order valence-corrected chi connectivity index (χ1v) is 7.29. The van der Waals surface area contributed by atoms with Crippen molar-refractivity contribution in [1.29, 1.82) is 0 Å². The molecule has 1 saturated carbocycles. The zero-order valence-electron chi connectivity index (χ0n) is 11.4. The molecular weight excluding hydrogens is 277 g/mol. The SMILES string of the molecule is Cc1cn(C2CCCC2)c(Nc2ccc(Cl)c(F)c2)n1. The summed E-state index contributed by atoms with van der Waals surface area (Å²) in [7, 11) is 0. The minimum Gasteiger partial charge on any atom is -0.325 e. The standard InChI is InChI=1S/C15H17ClFN3/c1-10-9-20(12-4-2-3-5-12)15(18-10)19-11-6-7-13(16)14(17)8-11/h6-9,12H,2-5H2,1H3,(H,18,19). The maximum Gasteiger partial charge on any atom is 0.207 e. The Bertz CT molecular complexity index is 618. The Balaban J connectivity index is 1.87. The number of hydrogen-bond acceptors (Lipinski definition) is 2. The maximum atomic E-state index is 13.5. The predicted molar refractivity (Wildman–Crippen MR) is 79.2 cm³/mol. The maximum absolute atomic E-state index is 13.5. The topological polar surface area (TPSA) is 29.9 Å². The molecule has 0 bridgehead atoms. The van der Waals surface area contributed by atoms with Gasteiger partial charge in [-0.3, -0.25) is 0 Å². The molecular formula is C15H17ClFN3. The molecule has 20 heavy (non-hydrogen) atoms. The van der Waals surface area contributed by atoms with Crippen LogP contribution in [0.1, 0.15) is 37.4 Å². The number of halogens is 2. The average Bonchev–Trinajstić information content (AvgIpc) is 3.03. The van der Waals surface area contributed by atoms with Gasteiger partial charge < -0.3 is 9.88 Å². The van der Waals surface area contributed by atoms with Crippen molar-refractivity contribution in [2.75, 3.05) is 5.32 Å². The summed E-state index contributed by atoms with van der Waals surface area (Å²) >= 11 is 5.70. The van der Waals surface area contributed by atoms with Crippen LogP contribution in [0, 0.1) is 12.7 Å². The van der Waals surface area contributed by atoms with Gasteiger partial charge in [0.05, 0.1) is 10.7 Å². The quantitative estimate of drug-likeness (QED) is 0.877. The lowest BCUT2D eigenvalue weighted by atomic mass is 10.2. The Labute approximate surface area is 122 Å². The van der Waals surface area contributed by atoms with E-state index in [1.165, 1.54) is 31.7 Å². The van der Waals surface area contributed by atoms with Gasteiger partial charge in [-0.15, -0.1) is 0 Å². The second-order valence-corrected chi connectivity index (χ2v) is 5.71. The van der Waals surface area contributed by atoms with Gasteiger partial charge in [0.25, 0.3) is 0 Å². The first-order chi connectivity index (χ1) is 9.63. The molecule has 1 fully saturated rings. The minimum absolute atomic E-state index is 0.130. The molecule has 0 unspecified atom stereocenters. The number of benzene rings is 1. The fraction of sp³-hybridized carbons (Fsp3) is 0.400. The van der Waals surface area contributed by atoms with Gasteiger partial charge in [-0.2, -0.15) is 0 Å². The molecule has 2 aromatic rings. The lowest BCUT2D eigenvalue weighted by molar-refractivity contribution is 0.524. The fourth-order valence-electron chi connectivity index (χ4n) is 2.77. The van der Waals surface area contributed by atoms with Crippen LogP contribution in [0.15, 0.2) is 24.4 Å². The van der Waals surface area contributed by atoms with Crippen LogP contribution in [0.4, 0.5) is 16.0 Å². The fourth-order valence-corrected chi connectivity index (χ4v) is 2.89. The van der Waals surface area contributed by atoms with Gasteiger partial charge in [0.15, 0.2) is 0 Å². The highest BCUT2D eigenvalue weighted by molar-refractivity contribution is 6.30. The third-order valence-electron chi connectivity index (χ3n) is 3.75. The zero-order chi connectivity index (χ0) is 14.1. The van der Waals surface area contributed by atoms with Gasteiger partial charge in [-0.25, -0.2) is 9.37 Å². The van der Waals surface area contributed by atoms with Crippen LogP contribution in [0.2, 0.25) is 5.02 Å². The predicted octanol–water partition coefficient (Wildman–Crippen LogP) is 4.84. The smallest absolute Gasteiger partial charge is 0.207 e. The van der Waals surface area contributed by atoms with Crippen molar-refractivity contribution in [2.24, 2.45) is 0 Å². The zero-order valence-corrected chi connectivity index (χ0v) is 12.1. The summed E-state index contributed by atoms with van der Waals surface area (Å²) in [5, 5.41) is 3.32. The molecule has 1 aromatic heterocycles. The van der Waals surface area contributed by atoms with E-state index in [-0.39, 0.29) is 5.02 Å². The average molecular weight is 294 g/mol. The lowest BCUT2D eigenvalue weighted by Gasteiger charge is -2.15. The van der Waals surface area contributed by atoms with Crippen molar-refractivity contribution in [3.05, 3.63) is 40.9 Å². The molecule has 1 heterocycles. The van der Waals surface area contributed by atoms with E-state index in [1.807, 2.05) is 6.92 Å². The summed E-state index contributed by atoms with van der Waals surface area (Å²) in [6, 6.07) is 5.20. The van der Waals surface area contributed by atoms with E-state index in [4.69, 9.17) is 11.6 Å².